The molecule has 0 heterocycles. The molecule has 0 saturated heterocycles. The molecule has 0 aliphatic carbocycles. The molecular formula is C23H43NO5STi. The Balaban J connectivity index is -0.000000145. The normalized spacial score (nSPS) is 12.0. The summed E-state index contributed by atoms with van der Waals surface area (Å²) < 4.78 is 16.1. The van der Waals surface area contributed by atoms with Crippen molar-refractivity contribution in [2.75, 3.05) is 26.4 Å². The van der Waals surface area contributed by atoms with Crippen molar-refractivity contribution in [1.29, 1.82) is 0 Å². The average Bonchev–Trinajstić information content (AvgIpc) is 2.69. The van der Waals surface area contributed by atoms with Crippen LogP contribution in [0.25, 0.3) is 0 Å². The maximum Gasteiger partial charge on any atom is 4.00 e. The number of benzene rings is 1. The van der Waals surface area contributed by atoms with Crippen molar-refractivity contribution in [3.05, 3.63) is 29.8 Å². The Morgan fingerprint density at radius 1 is 0.871 bits per heavy atom. The van der Waals surface area contributed by atoms with Crippen molar-refractivity contribution in [1.82, 2.24) is 0 Å². The minimum Gasteiger partial charge on any atom is -0.855 e. The van der Waals surface area contributed by atoms with Gasteiger partial charge in [-0.05, 0) is 30.9 Å². The van der Waals surface area contributed by atoms with Crippen molar-refractivity contribution in [2.45, 2.75) is 73.1 Å². The topological polar surface area (TPSA) is 122 Å². The maximum atomic E-state index is 12.0. The molecule has 8 heteroatoms. The molecule has 0 bridgehead atoms. The summed E-state index contributed by atoms with van der Waals surface area (Å²) in [4.78, 5) is 0.771. The van der Waals surface area contributed by atoms with Crippen molar-refractivity contribution in [3.8, 4) is 0 Å². The first-order chi connectivity index (χ1) is 14.2. The Bertz CT molecular complexity index is 479. The molecule has 1 rings (SSSR count). The number of hydrogen-bond donors (Lipinski definition) is 0. The number of hydrogen-bond acceptors (Lipinski definition) is 5. The van der Waals surface area contributed by atoms with Gasteiger partial charge in [-0.3, -0.25) is 0 Å². The van der Waals surface area contributed by atoms with E-state index in [4.69, 9.17) is 20.4 Å². The van der Waals surface area contributed by atoms with Crippen LogP contribution in [0.5, 0.6) is 0 Å². The molecule has 6 nitrogen and oxygen atoms in total. The molecule has 0 amide bonds. The van der Waals surface area contributed by atoms with E-state index in [1.807, 2.05) is 37.4 Å². The van der Waals surface area contributed by atoms with Gasteiger partial charge in [-0.25, -0.2) is 4.21 Å². The van der Waals surface area contributed by atoms with Crippen LogP contribution < -0.4 is 20.4 Å². The third-order valence-electron chi connectivity index (χ3n) is 3.26. The van der Waals surface area contributed by atoms with Gasteiger partial charge in [0.25, 0.3) is 0 Å². The number of rotatable bonds is 6. The molecule has 0 fully saturated rings. The van der Waals surface area contributed by atoms with Gasteiger partial charge in [0, 0.05) is 6.21 Å². The molecule has 0 spiro atoms. The first kappa shape index (κ1) is 40.9. The zero-order chi connectivity index (χ0) is 24.4. The van der Waals surface area contributed by atoms with E-state index in [0.717, 1.165) is 4.90 Å². The zero-order valence-electron chi connectivity index (χ0n) is 20.7. The molecule has 0 saturated carbocycles. The fourth-order valence-corrected chi connectivity index (χ4v) is 2.53. The quantitative estimate of drug-likeness (QED) is 0.440. The minimum absolute atomic E-state index is 0. The van der Waals surface area contributed by atoms with Crippen LogP contribution in [0.3, 0.4) is 0 Å². The van der Waals surface area contributed by atoms with E-state index in [-0.39, 0.29) is 48.1 Å². The monoisotopic (exact) mass is 493 g/mol. The SMILES string of the molecule is CCC[C@@H](C)[C@@H](C)C=NS(=O)c1ccc(C)cc1.CC[O-].CC[O-].CC[O-].CC[O-].[Ti+4]. The zero-order valence-corrected chi connectivity index (χ0v) is 23.1. The fourth-order valence-electron chi connectivity index (χ4n) is 1.73. The van der Waals surface area contributed by atoms with Crippen molar-refractivity contribution in [2.24, 2.45) is 16.2 Å². The van der Waals surface area contributed by atoms with Crippen molar-refractivity contribution < 1.29 is 46.4 Å². The van der Waals surface area contributed by atoms with Crippen LogP contribution in [-0.2, 0) is 32.7 Å². The van der Waals surface area contributed by atoms with Crippen LogP contribution in [-0.4, -0.2) is 36.9 Å². The largest absolute Gasteiger partial charge is 4.00 e. The van der Waals surface area contributed by atoms with Crippen LogP contribution in [0.2, 0.25) is 0 Å². The summed E-state index contributed by atoms with van der Waals surface area (Å²) >= 11 is 0. The molecule has 0 radical (unpaired) electrons. The van der Waals surface area contributed by atoms with Gasteiger partial charge in [0.2, 0.25) is 0 Å². The maximum absolute atomic E-state index is 12.0. The van der Waals surface area contributed by atoms with Gasteiger partial charge in [-0.1, -0.05) is 79.0 Å². The van der Waals surface area contributed by atoms with Crippen LogP contribution in [0, 0.1) is 18.8 Å². The molecule has 0 aliphatic heterocycles. The average molecular weight is 494 g/mol. The first-order valence-electron chi connectivity index (χ1n) is 10.6. The Kier molecular flexibility index (Phi) is 45.1. The van der Waals surface area contributed by atoms with Gasteiger partial charge in [0.05, 0.1) is 4.90 Å². The van der Waals surface area contributed by atoms with E-state index in [2.05, 4.69) is 25.2 Å². The summed E-state index contributed by atoms with van der Waals surface area (Å²) in [5.74, 6) is 0.966. The number of aryl methyl sites for hydroxylation is 1. The summed E-state index contributed by atoms with van der Waals surface area (Å²) in [5.41, 5.74) is 1.17. The smallest absolute Gasteiger partial charge is 0.855 e. The summed E-state index contributed by atoms with van der Waals surface area (Å²) in [6.07, 6.45) is 4.21. The predicted molar refractivity (Wildman–Crippen MR) is 121 cm³/mol. The van der Waals surface area contributed by atoms with Gasteiger partial charge in [0.1, 0.15) is 0 Å². The van der Waals surface area contributed by atoms with Gasteiger partial charge >= 0.3 is 21.7 Å². The third-order valence-corrected chi connectivity index (χ3v) is 4.24. The van der Waals surface area contributed by atoms with Crippen LogP contribution in [0.15, 0.2) is 33.6 Å². The molecule has 180 valence electrons. The Hall–Kier alpha value is -0.406. The van der Waals surface area contributed by atoms with Gasteiger partial charge in [0.15, 0.2) is 11.0 Å². The molecule has 0 aliphatic rings. The Morgan fingerprint density at radius 2 is 1.23 bits per heavy atom. The van der Waals surface area contributed by atoms with E-state index in [1.165, 1.54) is 18.4 Å². The summed E-state index contributed by atoms with van der Waals surface area (Å²) in [6.45, 7) is 14.8. The first-order valence-corrected chi connectivity index (χ1v) is 11.7. The molecule has 0 aromatic heterocycles. The van der Waals surface area contributed by atoms with E-state index >= 15 is 0 Å². The molecule has 3 atom stereocenters. The van der Waals surface area contributed by atoms with Crippen molar-refractivity contribution in [3.63, 3.8) is 0 Å². The van der Waals surface area contributed by atoms with Gasteiger partial charge in [-0.15, -0.1) is 26.4 Å². The standard InChI is InChI=1S/C15H23NOS.4C2H5O.Ti/c1-5-6-13(3)14(4)11-16-18(17)15-9-7-12(2)8-10-15;4*1-2-3;/h7-11,13-14H,5-6H2,1-4H3;4*2H2,1H3;/q;4*-1;+4/t13-,14+,18?;;;;;/m1...../s1. The summed E-state index contributed by atoms with van der Waals surface area (Å²) in [7, 11) is -1.26. The molecule has 1 aromatic rings. The van der Waals surface area contributed by atoms with Crippen LogP contribution in [0.4, 0.5) is 0 Å². The molecule has 1 aromatic carbocycles. The molecular weight excluding hydrogens is 450 g/mol. The van der Waals surface area contributed by atoms with Crippen molar-refractivity contribution >= 4 is 17.2 Å². The molecule has 0 N–H and O–H groups in total. The third kappa shape index (κ3) is 34.4. The Labute approximate surface area is 208 Å². The second-order valence-electron chi connectivity index (χ2n) is 6.10. The predicted octanol–water partition coefficient (Wildman–Crippen LogP) is 1.62. The van der Waals surface area contributed by atoms with E-state index in [9.17, 15) is 4.21 Å². The van der Waals surface area contributed by atoms with E-state index < -0.39 is 11.0 Å². The number of nitrogens with zero attached hydrogens (tertiary/aromatic N) is 1. The minimum atomic E-state index is -1.26. The molecule has 31 heavy (non-hydrogen) atoms. The Morgan fingerprint density at radius 3 is 1.55 bits per heavy atom. The fraction of sp³-hybridized carbons (Fsp3) is 0.696. The second-order valence-corrected chi connectivity index (χ2v) is 7.28. The van der Waals surface area contributed by atoms with E-state index in [1.54, 1.807) is 27.7 Å². The van der Waals surface area contributed by atoms with Crippen LogP contribution >= 0.6 is 0 Å². The second kappa shape index (κ2) is 34.2. The van der Waals surface area contributed by atoms with Crippen LogP contribution in [0.1, 0.15) is 66.9 Å². The van der Waals surface area contributed by atoms with Gasteiger partial charge < -0.3 is 20.4 Å². The van der Waals surface area contributed by atoms with E-state index in [0.29, 0.717) is 11.8 Å². The molecule has 1 unspecified atom stereocenters. The summed E-state index contributed by atoms with van der Waals surface area (Å²) in [6, 6.07) is 7.68. The van der Waals surface area contributed by atoms with Gasteiger partial charge in [-0.2, -0.15) is 4.40 Å². The summed E-state index contributed by atoms with van der Waals surface area (Å²) in [5, 5.41) is 35.7.